The van der Waals surface area contributed by atoms with Crippen molar-refractivity contribution in [1.29, 1.82) is 0 Å². The fourth-order valence-electron chi connectivity index (χ4n) is 1.76. The number of hydrogen-bond acceptors (Lipinski definition) is 5. The number of rotatable bonds is 2. The first-order valence-corrected chi connectivity index (χ1v) is 6.53. The van der Waals surface area contributed by atoms with Crippen LogP contribution >= 0.6 is 23.5 Å². The van der Waals surface area contributed by atoms with Crippen LogP contribution in [0.4, 0.5) is 4.79 Å². The summed E-state index contributed by atoms with van der Waals surface area (Å²) in [4.78, 5) is 35.1. The van der Waals surface area contributed by atoms with E-state index >= 15 is 0 Å². The van der Waals surface area contributed by atoms with Crippen molar-refractivity contribution >= 4 is 40.6 Å². The summed E-state index contributed by atoms with van der Waals surface area (Å²) in [5, 5.41) is 8.76. The molecule has 0 aromatic rings. The number of thioether (sulfide) groups is 2. The summed E-state index contributed by atoms with van der Waals surface area (Å²) in [5.41, 5.74) is -1.29. The van der Waals surface area contributed by atoms with Crippen molar-refractivity contribution in [2.24, 2.45) is 0 Å². The van der Waals surface area contributed by atoms with Gasteiger partial charge in [-0.3, -0.25) is 14.5 Å². The molecule has 0 aromatic heterocycles. The van der Waals surface area contributed by atoms with Gasteiger partial charge in [-0.15, -0.1) is 0 Å². The molecule has 2 aliphatic heterocycles. The van der Waals surface area contributed by atoms with Crippen molar-refractivity contribution < 1.29 is 19.5 Å². The van der Waals surface area contributed by atoms with Gasteiger partial charge in [-0.1, -0.05) is 11.8 Å². The number of aliphatic carboxylic acids is 1. The lowest BCUT2D eigenvalue weighted by molar-refractivity contribution is -0.152. The SMILES string of the molecule is O=C1CSC(=O)N1C1(C(=O)O)CCSC1. The lowest BCUT2D eigenvalue weighted by atomic mass is 9.97. The van der Waals surface area contributed by atoms with Gasteiger partial charge in [0.05, 0.1) is 5.75 Å². The number of amides is 2. The molecule has 0 spiro atoms. The van der Waals surface area contributed by atoms with Crippen LogP contribution in [0.15, 0.2) is 0 Å². The van der Waals surface area contributed by atoms with Gasteiger partial charge in [-0.05, 0) is 12.2 Å². The Bertz CT molecular complexity index is 322. The number of carboxylic acids is 1. The molecule has 0 aromatic carbocycles. The second kappa shape index (κ2) is 3.71. The Balaban J connectivity index is 2.36. The molecule has 2 aliphatic rings. The van der Waals surface area contributed by atoms with Crippen molar-refractivity contribution in [1.82, 2.24) is 4.90 Å². The van der Waals surface area contributed by atoms with Crippen LogP contribution in [0.1, 0.15) is 6.42 Å². The van der Waals surface area contributed by atoms with Crippen LogP contribution < -0.4 is 0 Å². The Morgan fingerprint density at radius 1 is 1.47 bits per heavy atom. The molecule has 15 heavy (non-hydrogen) atoms. The van der Waals surface area contributed by atoms with Gasteiger partial charge in [0.1, 0.15) is 0 Å². The molecule has 82 valence electrons. The Labute approximate surface area is 94.6 Å². The maximum Gasteiger partial charge on any atom is 0.331 e. The third kappa shape index (κ3) is 1.53. The van der Waals surface area contributed by atoms with Crippen LogP contribution in [0.2, 0.25) is 0 Å². The highest BCUT2D eigenvalue weighted by atomic mass is 32.2. The van der Waals surface area contributed by atoms with Gasteiger partial charge < -0.3 is 5.11 Å². The largest absolute Gasteiger partial charge is 0.479 e. The highest BCUT2D eigenvalue weighted by Gasteiger charge is 2.54. The van der Waals surface area contributed by atoms with E-state index in [1.807, 2.05) is 0 Å². The number of nitrogens with zero attached hydrogens (tertiary/aromatic N) is 1. The van der Waals surface area contributed by atoms with E-state index in [0.717, 1.165) is 16.7 Å². The van der Waals surface area contributed by atoms with E-state index in [1.54, 1.807) is 0 Å². The summed E-state index contributed by atoms with van der Waals surface area (Å²) in [6.45, 7) is 0. The first kappa shape index (κ1) is 10.8. The first-order valence-electron chi connectivity index (χ1n) is 4.39. The van der Waals surface area contributed by atoms with Gasteiger partial charge >= 0.3 is 5.97 Å². The van der Waals surface area contributed by atoms with E-state index in [-0.39, 0.29) is 11.7 Å². The molecular formula is C8H9NO4S2. The average Bonchev–Trinajstić information content (AvgIpc) is 2.74. The monoisotopic (exact) mass is 247 g/mol. The molecule has 1 N–H and O–H groups in total. The molecule has 2 saturated heterocycles. The van der Waals surface area contributed by atoms with Gasteiger partial charge in [0.25, 0.3) is 5.24 Å². The number of carboxylic acid groups (broad SMARTS) is 1. The number of carbonyl (C=O) groups is 3. The zero-order valence-electron chi connectivity index (χ0n) is 7.76. The molecule has 2 rings (SSSR count). The molecule has 1 unspecified atom stereocenters. The second-order valence-corrected chi connectivity index (χ2v) is 5.45. The summed E-state index contributed by atoms with van der Waals surface area (Å²) < 4.78 is 0. The van der Waals surface area contributed by atoms with E-state index in [0.29, 0.717) is 17.9 Å². The van der Waals surface area contributed by atoms with Crippen molar-refractivity contribution in [2.75, 3.05) is 17.3 Å². The highest BCUT2D eigenvalue weighted by molar-refractivity contribution is 8.14. The molecule has 2 amide bonds. The van der Waals surface area contributed by atoms with Crippen molar-refractivity contribution in [2.45, 2.75) is 12.0 Å². The van der Waals surface area contributed by atoms with Crippen molar-refractivity contribution in [3.8, 4) is 0 Å². The fraction of sp³-hybridized carbons (Fsp3) is 0.625. The van der Waals surface area contributed by atoms with Gasteiger partial charge in [-0.2, -0.15) is 11.8 Å². The van der Waals surface area contributed by atoms with Crippen LogP contribution in [0.5, 0.6) is 0 Å². The van der Waals surface area contributed by atoms with Crippen molar-refractivity contribution in [3.05, 3.63) is 0 Å². The Morgan fingerprint density at radius 3 is 2.60 bits per heavy atom. The van der Waals surface area contributed by atoms with Crippen LogP contribution in [0.25, 0.3) is 0 Å². The predicted octanol–water partition coefficient (Wildman–Crippen LogP) is 0.642. The maximum atomic E-state index is 11.5. The van der Waals surface area contributed by atoms with Gasteiger partial charge in [0.2, 0.25) is 5.91 Å². The standard InChI is InChI=1S/C8H9NO4S2/c10-5-3-15-7(13)9(5)8(6(11)12)1-2-14-4-8/h1-4H2,(H,11,12). The molecule has 5 nitrogen and oxygen atoms in total. The number of hydrogen-bond donors (Lipinski definition) is 1. The van der Waals surface area contributed by atoms with Crippen LogP contribution in [-0.4, -0.2) is 49.9 Å². The normalized spacial score (nSPS) is 31.3. The van der Waals surface area contributed by atoms with Gasteiger partial charge in [-0.25, -0.2) is 4.79 Å². The third-order valence-electron chi connectivity index (χ3n) is 2.58. The Morgan fingerprint density at radius 2 is 2.20 bits per heavy atom. The zero-order chi connectivity index (χ0) is 11.1. The summed E-state index contributed by atoms with van der Waals surface area (Å²) in [6.07, 6.45) is 0.352. The summed E-state index contributed by atoms with van der Waals surface area (Å²) >= 11 is 2.35. The maximum absolute atomic E-state index is 11.5. The lowest BCUT2D eigenvalue weighted by Crippen LogP contribution is -2.57. The van der Waals surface area contributed by atoms with E-state index in [9.17, 15) is 19.5 Å². The molecule has 0 aliphatic carbocycles. The number of carbonyl (C=O) groups excluding carboxylic acids is 2. The third-order valence-corrected chi connectivity index (χ3v) is 4.57. The summed E-state index contributed by atoms with van der Waals surface area (Å²) in [6, 6.07) is 0. The Hall–Kier alpha value is -0.690. The molecule has 7 heteroatoms. The van der Waals surface area contributed by atoms with E-state index < -0.39 is 16.7 Å². The van der Waals surface area contributed by atoms with Gasteiger partial charge in [0.15, 0.2) is 5.54 Å². The zero-order valence-corrected chi connectivity index (χ0v) is 9.40. The summed E-state index contributed by atoms with van der Waals surface area (Å²) in [7, 11) is 0. The second-order valence-electron chi connectivity index (χ2n) is 3.42. The van der Waals surface area contributed by atoms with Crippen LogP contribution in [-0.2, 0) is 9.59 Å². The average molecular weight is 247 g/mol. The smallest absolute Gasteiger partial charge is 0.331 e. The van der Waals surface area contributed by atoms with E-state index in [4.69, 9.17) is 0 Å². The topological polar surface area (TPSA) is 74.7 Å². The highest BCUT2D eigenvalue weighted by Crippen LogP contribution is 2.38. The molecule has 0 saturated carbocycles. The van der Waals surface area contributed by atoms with Crippen LogP contribution in [0, 0.1) is 0 Å². The van der Waals surface area contributed by atoms with E-state index in [1.165, 1.54) is 11.8 Å². The number of imide groups is 1. The minimum absolute atomic E-state index is 0.0680. The lowest BCUT2D eigenvalue weighted by Gasteiger charge is -2.31. The first-order chi connectivity index (χ1) is 7.08. The fourth-order valence-corrected chi connectivity index (χ4v) is 3.91. The molecule has 1 atom stereocenters. The predicted molar refractivity (Wildman–Crippen MR) is 57.0 cm³/mol. The molecular weight excluding hydrogens is 238 g/mol. The minimum Gasteiger partial charge on any atom is -0.479 e. The molecule has 2 heterocycles. The van der Waals surface area contributed by atoms with Crippen molar-refractivity contribution in [3.63, 3.8) is 0 Å². The summed E-state index contributed by atoms with van der Waals surface area (Å²) in [5.74, 6) is -0.404. The van der Waals surface area contributed by atoms with Gasteiger partial charge in [0, 0.05) is 5.75 Å². The molecule has 0 radical (unpaired) electrons. The molecule has 2 fully saturated rings. The Kier molecular flexibility index (Phi) is 2.68. The minimum atomic E-state index is -1.29. The molecule has 0 bridgehead atoms. The van der Waals surface area contributed by atoms with E-state index in [2.05, 4.69) is 0 Å². The quantitative estimate of drug-likeness (QED) is 0.772. The van der Waals surface area contributed by atoms with Crippen LogP contribution in [0.3, 0.4) is 0 Å².